The Morgan fingerprint density at radius 3 is 2.69 bits per heavy atom. The summed E-state index contributed by atoms with van der Waals surface area (Å²) in [5.41, 5.74) is 8.22. The Bertz CT molecular complexity index is 1040. The fraction of sp³-hybridized carbons (Fsp3) is 0.409. The molecule has 29 heavy (non-hydrogen) atoms. The van der Waals surface area contributed by atoms with Crippen molar-refractivity contribution < 1.29 is 9.59 Å². The molecule has 0 saturated heterocycles. The second-order valence-electron chi connectivity index (χ2n) is 8.98. The molecule has 3 N–H and O–H groups in total. The molecule has 0 amide bonds. The Balaban J connectivity index is 1.95. The summed E-state index contributed by atoms with van der Waals surface area (Å²) >= 11 is 0. The van der Waals surface area contributed by atoms with Crippen LogP contribution in [-0.4, -0.2) is 33.4 Å². The average molecular weight is 411 g/mol. The second-order valence-corrected chi connectivity index (χ2v) is 13.4. The number of fused-ring (bicyclic) bond motifs is 1. The first kappa shape index (κ1) is 21.2. The molecule has 0 radical (unpaired) electrons. The van der Waals surface area contributed by atoms with E-state index in [9.17, 15) is 9.59 Å². The van der Waals surface area contributed by atoms with Crippen LogP contribution >= 0.6 is 0 Å². The molecular weight excluding hydrogens is 380 g/mol. The summed E-state index contributed by atoms with van der Waals surface area (Å²) in [6.07, 6.45) is 8.73. The quantitative estimate of drug-likeness (QED) is 0.440. The number of hydrogen-bond donors (Lipinski definition) is 2. The van der Waals surface area contributed by atoms with Crippen molar-refractivity contribution in [2.75, 3.05) is 5.73 Å². The Labute approximate surface area is 172 Å². The third-order valence-electron chi connectivity index (χ3n) is 6.21. The highest BCUT2D eigenvalue weighted by molar-refractivity contribution is 6.72. The number of rotatable bonds is 7. The van der Waals surface area contributed by atoms with Gasteiger partial charge in [0.15, 0.2) is 8.32 Å². The molecule has 0 saturated carbocycles. The summed E-state index contributed by atoms with van der Waals surface area (Å²) in [5, 5.41) is 0.723. The number of nitrogens with zero attached hydrogens (tertiary/aromatic N) is 3. The minimum Gasteiger partial charge on any atom is -0.432 e. The largest absolute Gasteiger partial charge is 0.432 e. The van der Waals surface area contributed by atoms with Crippen LogP contribution in [0, 0.1) is 0 Å². The SMILES string of the molecule is CC(CCC(C)(C)[Si](C)(C)O)n1cc(C(=O)c2cc(N)ccn2)c2cnccc21. The fourth-order valence-corrected chi connectivity index (χ4v) is 4.12. The Kier molecular flexibility index (Phi) is 5.65. The van der Waals surface area contributed by atoms with Crippen molar-refractivity contribution in [3.05, 3.63) is 54.2 Å². The molecule has 3 rings (SSSR count). The van der Waals surface area contributed by atoms with Crippen LogP contribution in [0.2, 0.25) is 18.1 Å². The fourth-order valence-electron chi connectivity index (χ4n) is 3.37. The molecule has 0 aliphatic heterocycles. The van der Waals surface area contributed by atoms with Crippen LogP contribution in [0.1, 0.15) is 55.7 Å². The predicted molar refractivity (Wildman–Crippen MR) is 120 cm³/mol. The van der Waals surface area contributed by atoms with Crippen LogP contribution in [0.4, 0.5) is 5.69 Å². The third-order valence-corrected chi connectivity index (χ3v) is 9.78. The number of carbonyl (C=O) groups excluding carboxylic acids is 1. The highest BCUT2D eigenvalue weighted by Gasteiger charge is 2.37. The second kappa shape index (κ2) is 7.72. The van der Waals surface area contributed by atoms with E-state index in [0.717, 1.165) is 23.7 Å². The molecule has 0 aliphatic carbocycles. The van der Waals surface area contributed by atoms with Crippen LogP contribution in [0.15, 0.2) is 43.0 Å². The number of pyridine rings is 2. The van der Waals surface area contributed by atoms with Crippen LogP contribution in [0.5, 0.6) is 0 Å². The van der Waals surface area contributed by atoms with Crippen LogP contribution in [-0.2, 0) is 0 Å². The summed E-state index contributed by atoms with van der Waals surface area (Å²) in [7, 11) is -2.26. The molecule has 3 aromatic heterocycles. The molecule has 3 aromatic rings. The molecule has 1 atom stereocenters. The Morgan fingerprint density at radius 2 is 2.03 bits per heavy atom. The standard InChI is InChI=1S/C22H30N4O2Si/c1-15(6-9-22(2,3)29(4,5)28)26-14-18(17-13-24-10-8-20(17)26)21(27)19-12-16(23)7-11-25-19/h7-8,10-15,28H,6,9H2,1-5H3,(H2,23,25). The maximum absolute atomic E-state index is 13.1. The van der Waals surface area contributed by atoms with Crippen molar-refractivity contribution >= 4 is 30.7 Å². The van der Waals surface area contributed by atoms with Gasteiger partial charge in [0.1, 0.15) is 5.69 Å². The van der Waals surface area contributed by atoms with Gasteiger partial charge in [0, 0.05) is 41.9 Å². The van der Waals surface area contributed by atoms with Gasteiger partial charge >= 0.3 is 0 Å². The highest BCUT2D eigenvalue weighted by atomic mass is 28.4. The number of anilines is 1. The van der Waals surface area contributed by atoms with Gasteiger partial charge in [0.05, 0.1) is 11.1 Å². The molecule has 0 spiro atoms. The molecule has 3 heterocycles. The van der Waals surface area contributed by atoms with Gasteiger partial charge in [0.25, 0.3) is 0 Å². The minimum absolute atomic E-state index is 0.0874. The smallest absolute Gasteiger partial charge is 0.213 e. The summed E-state index contributed by atoms with van der Waals surface area (Å²) in [6, 6.07) is 5.37. The maximum atomic E-state index is 13.1. The zero-order valence-corrected chi connectivity index (χ0v) is 18.8. The molecule has 0 bridgehead atoms. The monoisotopic (exact) mass is 410 g/mol. The minimum atomic E-state index is -2.26. The van der Waals surface area contributed by atoms with Gasteiger partial charge in [-0.05, 0) is 56.1 Å². The molecule has 1 unspecified atom stereocenters. The lowest BCUT2D eigenvalue weighted by molar-refractivity contribution is 0.103. The highest BCUT2D eigenvalue weighted by Crippen LogP contribution is 2.41. The summed E-state index contributed by atoms with van der Waals surface area (Å²) in [5.74, 6) is -0.162. The van der Waals surface area contributed by atoms with E-state index in [2.05, 4.69) is 35.3 Å². The number of nitrogens with two attached hydrogens (primary N) is 1. The van der Waals surface area contributed by atoms with Crippen molar-refractivity contribution in [2.45, 2.75) is 57.8 Å². The first-order valence-electron chi connectivity index (χ1n) is 9.94. The number of carbonyl (C=O) groups is 1. The number of nitrogen functional groups attached to an aromatic ring is 1. The van der Waals surface area contributed by atoms with Gasteiger partial charge in [-0.25, -0.2) is 0 Å². The van der Waals surface area contributed by atoms with E-state index >= 15 is 0 Å². The van der Waals surface area contributed by atoms with E-state index in [1.807, 2.05) is 25.4 Å². The van der Waals surface area contributed by atoms with Crippen molar-refractivity contribution in [3.8, 4) is 0 Å². The summed E-state index contributed by atoms with van der Waals surface area (Å²) in [4.78, 5) is 32.1. The zero-order chi connectivity index (χ0) is 21.4. The van der Waals surface area contributed by atoms with Crippen molar-refractivity contribution in [1.82, 2.24) is 14.5 Å². The number of hydrogen-bond acceptors (Lipinski definition) is 5. The lowest BCUT2D eigenvalue weighted by atomic mass is 10.0. The van der Waals surface area contributed by atoms with Crippen LogP contribution in [0.25, 0.3) is 10.9 Å². The van der Waals surface area contributed by atoms with E-state index in [4.69, 9.17) is 5.73 Å². The van der Waals surface area contributed by atoms with Crippen LogP contribution in [0.3, 0.4) is 0 Å². The van der Waals surface area contributed by atoms with Gasteiger partial charge in [-0.15, -0.1) is 0 Å². The van der Waals surface area contributed by atoms with E-state index < -0.39 is 8.32 Å². The Hall–Kier alpha value is -2.51. The molecular formula is C22H30N4O2Si. The van der Waals surface area contributed by atoms with Crippen molar-refractivity contribution in [1.29, 1.82) is 0 Å². The normalized spacial score (nSPS) is 13.6. The summed E-state index contributed by atoms with van der Waals surface area (Å²) in [6.45, 7) is 10.4. The van der Waals surface area contributed by atoms with Crippen molar-refractivity contribution in [2.24, 2.45) is 0 Å². The zero-order valence-electron chi connectivity index (χ0n) is 17.8. The maximum Gasteiger partial charge on any atom is 0.213 e. The van der Waals surface area contributed by atoms with Crippen LogP contribution < -0.4 is 5.73 Å². The van der Waals surface area contributed by atoms with E-state index in [-0.39, 0.29) is 16.9 Å². The van der Waals surface area contributed by atoms with E-state index in [1.54, 1.807) is 30.7 Å². The van der Waals surface area contributed by atoms with Gasteiger partial charge in [-0.2, -0.15) is 0 Å². The van der Waals surface area contributed by atoms with E-state index in [0.29, 0.717) is 16.9 Å². The molecule has 154 valence electrons. The number of aromatic nitrogens is 3. The molecule has 0 fully saturated rings. The predicted octanol–water partition coefficient (Wildman–Crippen LogP) is 4.56. The van der Waals surface area contributed by atoms with Gasteiger partial charge in [0.2, 0.25) is 5.78 Å². The molecule has 6 nitrogen and oxygen atoms in total. The third kappa shape index (κ3) is 4.25. The molecule has 7 heteroatoms. The summed E-state index contributed by atoms with van der Waals surface area (Å²) < 4.78 is 2.14. The first-order valence-corrected chi connectivity index (χ1v) is 12.9. The van der Waals surface area contributed by atoms with Gasteiger partial charge in [-0.3, -0.25) is 14.8 Å². The van der Waals surface area contributed by atoms with E-state index in [1.165, 1.54) is 0 Å². The molecule has 0 aliphatic rings. The van der Waals surface area contributed by atoms with Crippen molar-refractivity contribution in [3.63, 3.8) is 0 Å². The lowest BCUT2D eigenvalue weighted by Crippen LogP contribution is -2.39. The van der Waals surface area contributed by atoms with Gasteiger partial charge in [-0.1, -0.05) is 13.8 Å². The lowest BCUT2D eigenvalue weighted by Gasteiger charge is -2.36. The Morgan fingerprint density at radius 1 is 1.31 bits per heavy atom. The van der Waals surface area contributed by atoms with Gasteiger partial charge < -0.3 is 15.1 Å². The average Bonchev–Trinajstić information content (AvgIpc) is 3.04. The topological polar surface area (TPSA) is 94.0 Å². The molecule has 0 aromatic carbocycles. The first-order chi connectivity index (χ1) is 13.5. The number of ketones is 1.